The highest BCUT2D eigenvalue weighted by Crippen LogP contribution is 2.10. The normalized spacial score (nSPS) is 10.8. The van der Waals surface area contributed by atoms with Gasteiger partial charge >= 0.3 is 0 Å². The zero-order valence-electron chi connectivity index (χ0n) is 6.36. The number of aromatic nitrogens is 3. The van der Waals surface area contributed by atoms with Crippen LogP contribution < -0.4 is 5.56 Å². The van der Waals surface area contributed by atoms with Gasteiger partial charge in [-0.3, -0.25) is 9.36 Å². The molecular formula is C7H6BrN3O. The minimum Gasteiger partial charge on any atom is -0.299 e. The molecule has 2 aromatic heterocycles. The molecular weight excluding hydrogens is 222 g/mol. The molecule has 0 unspecified atom stereocenters. The van der Waals surface area contributed by atoms with Gasteiger partial charge in [-0.2, -0.15) is 5.10 Å². The Balaban J connectivity index is 3.03. The second kappa shape index (κ2) is 2.45. The standard InChI is InChI=1S/C7H6BrN3O/c1-10-4-9-11-5(7(10)12)2-3-6(11)8/h2-4H,1H3. The molecule has 2 heterocycles. The summed E-state index contributed by atoms with van der Waals surface area (Å²) in [7, 11) is 1.68. The molecule has 0 aromatic carbocycles. The highest BCUT2D eigenvalue weighted by molar-refractivity contribution is 9.10. The van der Waals surface area contributed by atoms with E-state index < -0.39 is 0 Å². The topological polar surface area (TPSA) is 39.3 Å². The smallest absolute Gasteiger partial charge is 0.277 e. The molecule has 0 spiro atoms. The van der Waals surface area contributed by atoms with Crippen molar-refractivity contribution in [2.75, 3.05) is 0 Å². The number of nitrogens with zero attached hydrogens (tertiary/aromatic N) is 3. The predicted molar refractivity (Wildman–Crippen MR) is 48.1 cm³/mol. The van der Waals surface area contributed by atoms with Gasteiger partial charge in [-0.05, 0) is 28.1 Å². The fraction of sp³-hybridized carbons (Fsp3) is 0.143. The van der Waals surface area contributed by atoms with Crippen LogP contribution in [0.1, 0.15) is 0 Å². The third-order valence-corrected chi connectivity index (χ3v) is 2.29. The molecule has 0 bridgehead atoms. The number of hydrogen-bond acceptors (Lipinski definition) is 2. The zero-order valence-corrected chi connectivity index (χ0v) is 7.95. The molecule has 0 N–H and O–H groups in total. The van der Waals surface area contributed by atoms with E-state index in [4.69, 9.17) is 0 Å². The molecule has 0 fully saturated rings. The van der Waals surface area contributed by atoms with Gasteiger partial charge in [0.05, 0.1) is 0 Å². The summed E-state index contributed by atoms with van der Waals surface area (Å²) in [6.45, 7) is 0. The van der Waals surface area contributed by atoms with Crippen LogP contribution in [-0.4, -0.2) is 14.2 Å². The Labute approximate surface area is 76.6 Å². The summed E-state index contributed by atoms with van der Waals surface area (Å²) in [6.07, 6.45) is 1.49. The number of fused-ring (bicyclic) bond motifs is 1. The van der Waals surface area contributed by atoms with E-state index in [9.17, 15) is 4.79 Å². The first-order chi connectivity index (χ1) is 5.70. The number of aryl methyl sites for hydroxylation is 1. The quantitative estimate of drug-likeness (QED) is 0.668. The van der Waals surface area contributed by atoms with Crippen molar-refractivity contribution in [3.05, 3.63) is 33.4 Å². The number of hydrogen-bond donors (Lipinski definition) is 0. The first kappa shape index (κ1) is 7.54. The summed E-state index contributed by atoms with van der Waals surface area (Å²) in [5.74, 6) is 0. The van der Waals surface area contributed by atoms with Crippen molar-refractivity contribution < 1.29 is 0 Å². The molecule has 0 saturated heterocycles. The maximum absolute atomic E-state index is 11.4. The van der Waals surface area contributed by atoms with Crippen LogP contribution in [0.5, 0.6) is 0 Å². The Morgan fingerprint density at radius 2 is 2.25 bits per heavy atom. The summed E-state index contributed by atoms with van der Waals surface area (Å²) in [4.78, 5) is 11.4. The van der Waals surface area contributed by atoms with E-state index in [0.717, 1.165) is 4.60 Å². The third-order valence-electron chi connectivity index (χ3n) is 1.69. The van der Waals surface area contributed by atoms with Crippen LogP contribution in [0.3, 0.4) is 0 Å². The maximum Gasteiger partial charge on any atom is 0.277 e. The van der Waals surface area contributed by atoms with Crippen molar-refractivity contribution in [2.24, 2.45) is 7.05 Å². The van der Waals surface area contributed by atoms with E-state index in [1.165, 1.54) is 10.9 Å². The van der Waals surface area contributed by atoms with Gasteiger partial charge in [-0.15, -0.1) is 0 Å². The highest BCUT2D eigenvalue weighted by Gasteiger charge is 2.03. The van der Waals surface area contributed by atoms with E-state index in [1.807, 2.05) is 0 Å². The molecule has 2 rings (SSSR count). The molecule has 2 aromatic rings. The SMILES string of the molecule is Cn1cnn2c(Br)ccc2c1=O. The lowest BCUT2D eigenvalue weighted by molar-refractivity contribution is 0.758. The first-order valence-electron chi connectivity index (χ1n) is 3.39. The van der Waals surface area contributed by atoms with Crippen LogP contribution in [0, 0.1) is 0 Å². The Morgan fingerprint density at radius 3 is 3.00 bits per heavy atom. The lowest BCUT2D eigenvalue weighted by Gasteiger charge is -1.97. The van der Waals surface area contributed by atoms with E-state index in [2.05, 4.69) is 21.0 Å². The van der Waals surface area contributed by atoms with Gasteiger partial charge in [0, 0.05) is 7.05 Å². The van der Waals surface area contributed by atoms with Gasteiger partial charge in [0.2, 0.25) is 0 Å². The molecule has 0 radical (unpaired) electrons. The Hall–Kier alpha value is -1.10. The highest BCUT2D eigenvalue weighted by atomic mass is 79.9. The summed E-state index contributed by atoms with van der Waals surface area (Å²) in [5, 5.41) is 4.03. The fourth-order valence-electron chi connectivity index (χ4n) is 1.05. The summed E-state index contributed by atoms with van der Waals surface area (Å²) < 4.78 is 3.79. The minimum atomic E-state index is -0.0456. The number of rotatable bonds is 0. The molecule has 0 atom stereocenters. The molecule has 5 heteroatoms. The van der Waals surface area contributed by atoms with Crippen molar-refractivity contribution in [2.45, 2.75) is 0 Å². The molecule has 4 nitrogen and oxygen atoms in total. The molecule has 0 aliphatic heterocycles. The van der Waals surface area contributed by atoms with Crippen molar-refractivity contribution in [1.29, 1.82) is 0 Å². The Bertz CT molecular complexity index is 485. The average molecular weight is 228 g/mol. The van der Waals surface area contributed by atoms with Gasteiger partial charge < -0.3 is 0 Å². The van der Waals surface area contributed by atoms with E-state index in [-0.39, 0.29) is 5.56 Å². The molecule has 0 amide bonds. The number of halogens is 1. The second-order valence-electron chi connectivity index (χ2n) is 2.50. The maximum atomic E-state index is 11.4. The van der Waals surface area contributed by atoms with E-state index >= 15 is 0 Å². The van der Waals surface area contributed by atoms with E-state index in [0.29, 0.717) is 5.52 Å². The van der Waals surface area contributed by atoms with Crippen LogP contribution in [0.25, 0.3) is 5.52 Å². The molecule has 62 valence electrons. The zero-order chi connectivity index (χ0) is 8.72. The van der Waals surface area contributed by atoms with Crippen molar-refractivity contribution >= 4 is 21.4 Å². The third kappa shape index (κ3) is 0.896. The average Bonchev–Trinajstić information content (AvgIpc) is 2.41. The predicted octanol–water partition coefficient (Wildman–Crippen LogP) is 0.795. The van der Waals surface area contributed by atoms with Crippen LogP contribution in [0.4, 0.5) is 0 Å². The van der Waals surface area contributed by atoms with Gasteiger partial charge in [0.1, 0.15) is 16.4 Å². The van der Waals surface area contributed by atoms with Gasteiger partial charge in [0.25, 0.3) is 5.56 Å². The first-order valence-corrected chi connectivity index (χ1v) is 4.18. The molecule has 0 aliphatic rings. The lowest BCUT2D eigenvalue weighted by Crippen LogP contribution is -2.19. The van der Waals surface area contributed by atoms with Crippen molar-refractivity contribution in [1.82, 2.24) is 14.2 Å². The second-order valence-corrected chi connectivity index (χ2v) is 3.31. The van der Waals surface area contributed by atoms with E-state index in [1.54, 1.807) is 23.7 Å². The van der Waals surface area contributed by atoms with Gasteiger partial charge in [-0.1, -0.05) is 0 Å². The fourth-order valence-corrected chi connectivity index (χ4v) is 1.46. The van der Waals surface area contributed by atoms with Crippen molar-refractivity contribution in [3.8, 4) is 0 Å². The molecule has 12 heavy (non-hydrogen) atoms. The van der Waals surface area contributed by atoms with Crippen LogP contribution in [0.2, 0.25) is 0 Å². The van der Waals surface area contributed by atoms with Crippen LogP contribution >= 0.6 is 15.9 Å². The summed E-state index contributed by atoms with van der Waals surface area (Å²) >= 11 is 3.28. The minimum absolute atomic E-state index is 0.0456. The molecule has 0 saturated carbocycles. The van der Waals surface area contributed by atoms with Gasteiger partial charge in [-0.25, -0.2) is 4.52 Å². The molecule has 0 aliphatic carbocycles. The lowest BCUT2D eigenvalue weighted by atomic mass is 10.5. The monoisotopic (exact) mass is 227 g/mol. The van der Waals surface area contributed by atoms with Gasteiger partial charge in [0.15, 0.2) is 0 Å². The Kier molecular flexibility index (Phi) is 1.54. The Morgan fingerprint density at radius 1 is 1.50 bits per heavy atom. The van der Waals surface area contributed by atoms with Crippen molar-refractivity contribution in [3.63, 3.8) is 0 Å². The summed E-state index contributed by atoms with van der Waals surface area (Å²) in [5.41, 5.74) is 0.530. The van der Waals surface area contributed by atoms with Crippen LogP contribution in [0.15, 0.2) is 27.9 Å². The summed E-state index contributed by atoms with van der Waals surface area (Å²) in [6, 6.07) is 3.53. The largest absolute Gasteiger partial charge is 0.299 e. The van der Waals surface area contributed by atoms with Crippen LogP contribution in [-0.2, 0) is 7.05 Å².